The second kappa shape index (κ2) is 12.9. The summed E-state index contributed by atoms with van der Waals surface area (Å²) in [5.74, 6) is -0.520. The van der Waals surface area contributed by atoms with E-state index >= 15 is 0 Å². The Balaban J connectivity index is 1.92. The zero-order valence-corrected chi connectivity index (χ0v) is 21.5. The van der Waals surface area contributed by atoms with E-state index in [9.17, 15) is 14.0 Å². The molecule has 0 unspecified atom stereocenters. The highest BCUT2D eigenvalue weighted by Crippen LogP contribution is 2.19. The fourth-order valence-electron chi connectivity index (χ4n) is 3.84. The van der Waals surface area contributed by atoms with Crippen LogP contribution in [-0.2, 0) is 22.6 Å². The number of benzene rings is 3. The first kappa shape index (κ1) is 26.9. The molecule has 0 aliphatic heterocycles. The van der Waals surface area contributed by atoms with Crippen LogP contribution in [0.3, 0.4) is 0 Å². The van der Waals surface area contributed by atoms with Crippen LogP contribution in [0.1, 0.15) is 42.5 Å². The minimum absolute atomic E-state index is 0.0484. The molecule has 0 saturated carbocycles. The van der Waals surface area contributed by atoms with Crippen LogP contribution in [0.5, 0.6) is 5.75 Å². The molecule has 2 amide bonds. The van der Waals surface area contributed by atoms with Gasteiger partial charge in [-0.1, -0.05) is 61.5 Å². The van der Waals surface area contributed by atoms with Crippen LogP contribution in [0, 0.1) is 19.7 Å². The Morgan fingerprint density at radius 1 is 0.972 bits per heavy atom. The summed E-state index contributed by atoms with van der Waals surface area (Å²) in [4.78, 5) is 28.5. The Morgan fingerprint density at radius 3 is 2.33 bits per heavy atom. The molecule has 0 aromatic heterocycles. The number of halogens is 1. The molecule has 0 bridgehead atoms. The van der Waals surface area contributed by atoms with E-state index in [2.05, 4.69) is 5.32 Å². The molecule has 190 valence electrons. The number of amides is 2. The van der Waals surface area contributed by atoms with Crippen molar-refractivity contribution in [1.82, 2.24) is 10.2 Å². The van der Waals surface area contributed by atoms with Crippen LogP contribution in [-0.4, -0.2) is 35.4 Å². The Bertz CT molecular complexity index is 1170. The van der Waals surface area contributed by atoms with Crippen LogP contribution < -0.4 is 10.1 Å². The first-order valence-corrected chi connectivity index (χ1v) is 12.4. The van der Waals surface area contributed by atoms with Gasteiger partial charge < -0.3 is 15.0 Å². The van der Waals surface area contributed by atoms with Gasteiger partial charge in [-0.15, -0.1) is 0 Å². The number of nitrogens with one attached hydrogen (secondary N) is 1. The summed E-state index contributed by atoms with van der Waals surface area (Å²) in [7, 11) is 0. The second-order valence-corrected chi connectivity index (χ2v) is 9.17. The summed E-state index contributed by atoms with van der Waals surface area (Å²) >= 11 is 0. The van der Waals surface area contributed by atoms with Crippen molar-refractivity contribution in [3.8, 4) is 5.75 Å². The summed E-state index contributed by atoms with van der Waals surface area (Å²) in [5.41, 5.74) is 3.42. The number of carbonyl (C=O) groups is 2. The number of hydrogen-bond acceptors (Lipinski definition) is 3. The molecule has 3 rings (SSSR count). The van der Waals surface area contributed by atoms with Gasteiger partial charge in [0.25, 0.3) is 5.91 Å². The maximum absolute atomic E-state index is 14.6. The quantitative estimate of drug-likeness (QED) is 0.393. The average molecular weight is 491 g/mol. The highest BCUT2D eigenvalue weighted by atomic mass is 19.1. The molecule has 0 saturated heterocycles. The molecule has 36 heavy (non-hydrogen) atoms. The topological polar surface area (TPSA) is 58.6 Å². The Morgan fingerprint density at radius 2 is 1.67 bits per heavy atom. The third-order valence-electron chi connectivity index (χ3n) is 6.41. The fourth-order valence-corrected chi connectivity index (χ4v) is 3.84. The molecule has 6 heteroatoms. The number of ether oxygens (including phenoxy) is 1. The van der Waals surface area contributed by atoms with Crippen molar-refractivity contribution in [2.75, 3.05) is 6.61 Å². The molecule has 2 atom stereocenters. The maximum atomic E-state index is 14.6. The first-order valence-electron chi connectivity index (χ1n) is 12.4. The summed E-state index contributed by atoms with van der Waals surface area (Å²) in [6.07, 6.45) is 1.05. The van der Waals surface area contributed by atoms with Crippen LogP contribution >= 0.6 is 0 Å². The lowest BCUT2D eigenvalue weighted by molar-refractivity contribution is -0.143. The van der Waals surface area contributed by atoms with Crippen molar-refractivity contribution >= 4 is 11.8 Å². The van der Waals surface area contributed by atoms with Gasteiger partial charge in [0.2, 0.25) is 5.91 Å². The van der Waals surface area contributed by atoms with Crippen LogP contribution in [0.2, 0.25) is 0 Å². The molecule has 0 aliphatic rings. The summed E-state index contributed by atoms with van der Waals surface area (Å²) in [6, 6.07) is 20.6. The smallest absolute Gasteiger partial charge is 0.261 e. The lowest BCUT2D eigenvalue weighted by Gasteiger charge is -2.32. The molecule has 0 spiro atoms. The van der Waals surface area contributed by atoms with Crippen LogP contribution in [0.25, 0.3) is 0 Å². The van der Waals surface area contributed by atoms with Gasteiger partial charge >= 0.3 is 0 Å². The van der Waals surface area contributed by atoms with Gasteiger partial charge in [-0.2, -0.15) is 0 Å². The zero-order valence-electron chi connectivity index (χ0n) is 21.5. The Labute approximate surface area is 213 Å². The van der Waals surface area contributed by atoms with Gasteiger partial charge in [0.05, 0.1) is 0 Å². The Hall–Kier alpha value is -3.67. The summed E-state index contributed by atoms with van der Waals surface area (Å²) < 4.78 is 20.5. The lowest BCUT2D eigenvalue weighted by atomic mass is 10.0. The van der Waals surface area contributed by atoms with Gasteiger partial charge in [-0.25, -0.2) is 4.39 Å². The standard InChI is InChI=1S/C30H35FN2O3/c1-5-23(4)32-30(35)28(18-24-11-7-6-8-12-24)33(19-25-13-9-10-14-27(25)31)29(34)20-36-26-16-15-21(2)22(3)17-26/h6-17,23,28H,5,18-20H2,1-4H3,(H,32,35)/t23-,28-/m1/s1. The van der Waals surface area contributed by atoms with Crippen molar-refractivity contribution in [2.45, 2.75) is 59.2 Å². The van der Waals surface area contributed by atoms with E-state index in [0.29, 0.717) is 17.7 Å². The van der Waals surface area contributed by atoms with Crippen molar-refractivity contribution in [3.05, 3.63) is 101 Å². The van der Waals surface area contributed by atoms with E-state index in [1.807, 2.05) is 76.2 Å². The number of hydrogen-bond donors (Lipinski definition) is 1. The first-order chi connectivity index (χ1) is 17.3. The molecule has 0 aliphatic carbocycles. The molecular weight excluding hydrogens is 455 g/mol. The van der Waals surface area contributed by atoms with E-state index < -0.39 is 17.8 Å². The van der Waals surface area contributed by atoms with Gasteiger partial charge in [0.15, 0.2) is 6.61 Å². The molecule has 0 heterocycles. The fraction of sp³-hybridized carbons (Fsp3) is 0.333. The second-order valence-electron chi connectivity index (χ2n) is 9.17. The molecular formula is C30H35FN2O3. The van der Waals surface area contributed by atoms with E-state index in [0.717, 1.165) is 23.1 Å². The summed E-state index contributed by atoms with van der Waals surface area (Å²) in [5, 5.41) is 3.01. The minimum Gasteiger partial charge on any atom is -0.484 e. The minimum atomic E-state index is -0.836. The number of aryl methyl sites for hydroxylation is 2. The third kappa shape index (κ3) is 7.41. The normalized spacial score (nSPS) is 12.5. The van der Waals surface area contributed by atoms with Crippen LogP contribution in [0.15, 0.2) is 72.8 Å². The SMILES string of the molecule is CC[C@@H](C)NC(=O)[C@@H](Cc1ccccc1)N(Cc1ccccc1F)C(=O)COc1ccc(C)c(C)c1. The summed E-state index contributed by atoms with van der Waals surface area (Å²) in [6.45, 7) is 7.57. The predicted molar refractivity (Wildman–Crippen MR) is 140 cm³/mol. The number of rotatable bonds is 11. The lowest BCUT2D eigenvalue weighted by Crippen LogP contribution is -2.53. The monoisotopic (exact) mass is 490 g/mol. The Kier molecular flexibility index (Phi) is 9.62. The van der Waals surface area contributed by atoms with Gasteiger partial charge in [0.1, 0.15) is 17.6 Å². The zero-order chi connectivity index (χ0) is 26.1. The average Bonchev–Trinajstić information content (AvgIpc) is 2.88. The van der Waals surface area contributed by atoms with E-state index in [1.165, 1.54) is 11.0 Å². The highest BCUT2D eigenvalue weighted by molar-refractivity contribution is 5.88. The van der Waals surface area contributed by atoms with Crippen molar-refractivity contribution in [1.29, 1.82) is 0 Å². The predicted octanol–water partition coefficient (Wildman–Crippen LogP) is 5.38. The highest BCUT2D eigenvalue weighted by Gasteiger charge is 2.31. The van der Waals surface area contributed by atoms with E-state index in [-0.39, 0.29) is 25.1 Å². The third-order valence-corrected chi connectivity index (χ3v) is 6.41. The van der Waals surface area contributed by atoms with Crippen molar-refractivity contribution < 1.29 is 18.7 Å². The maximum Gasteiger partial charge on any atom is 0.261 e. The number of carbonyl (C=O) groups excluding carboxylic acids is 2. The molecule has 3 aromatic rings. The van der Waals surface area contributed by atoms with Gasteiger partial charge in [-0.05, 0) is 62.1 Å². The largest absolute Gasteiger partial charge is 0.484 e. The number of nitrogens with zero attached hydrogens (tertiary/aromatic N) is 1. The van der Waals surface area contributed by atoms with Gasteiger partial charge in [0, 0.05) is 24.6 Å². The van der Waals surface area contributed by atoms with Gasteiger partial charge in [-0.3, -0.25) is 9.59 Å². The van der Waals surface area contributed by atoms with Crippen LogP contribution in [0.4, 0.5) is 4.39 Å². The molecule has 5 nitrogen and oxygen atoms in total. The molecule has 0 fully saturated rings. The molecule has 0 radical (unpaired) electrons. The molecule has 3 aromatic carbocycles. The van der Waals surface area contributed by atoms with E-state index in [1.54, 1.807) is 18.2 Å². The van der Waals surface area contributed by atoms with Crippen molar-refractivity contribution in [2.24, 2.45) is 0 Å². The van der Waals surface area contributed by atoms with E-state index in [4.69, 9.17) is 4.74 Å². The molecule has 1 N–H and O–H groups in total. The van der Waals surface area contributed by atoms with Crippen molar-refractivity contribution in [3.63, 3.8) is 0 Å².